The first-order valence-corrected chi connectivity index (χ1v) is 15.8. The number of hydrogen-bond acceptors (Lipinski definition) is 5. The molecule has 1 aliphatic rings. The molecular weight excluding hydrogens is 508 g/mol. The highest BCUT2D eigenvalue weighted by Crippen LogP contribution is 2.26. The van der Waals surface area contributed by atoms with E-state index in [4.69, 9.17) is 4.18 Å². The van der Waals surface area contributed by atoms with Crippen LogP contribution in [0, 0.1) is 0 Å². The highest BCUT2D eigenvalue weighted by atomic mass is 32.2. The number of carbonyl (C=O) groups excluding carboxylic acids is 1. The number of nitrogens with zero attached hydrogens (tertiary/aromatic N) is 1. The van der Waals surface area contributed by atoms with Gasteiger partial charge in [0.05, 0.1) is 0 Å². The molecule has 1 saturated heterocycles. The van der Waals surface area contributed by atoms with Crippen LogP contribution in [0.2, 0.25) is 0 Å². The summed E-state index contributed by atoms with van der Waals surface area (Å²) in [4.78, 5) is 14.4. The van der Waals surface area contributed by atoms with E-state index in [-0.39, 0.29) is 10.9 Å². The molecule has 0 bridgehead atoms. The summed E-state index contributed by atoms with van der Waals surface area (Å²) in [6.07, 6.45) is 9.22. The Labute approximate surface area is 233 Å². The van der Waals surface area contributed by atoms with Crippen molar-refractivity contribution in [2.24, 2.45) is 0 Å². The zero-order chi connectivity index (χ0) is 27.7. The fourth-order valence-electron chi connectivity index (χ4n) is 5.45. The Hall–Kier alpha value is -2.90. The van der Waals surface area contributed by atoms with Crippen LogP contribution in [-0.4, -0.2) is 44.4 Å². The second kappa shape index (κ2) is 13.9. The van der Waals surface area contributed by atoms with Crippen molar-refractivity contribution >= 4 is 26.8 Å². The lowest BCUT2D eigenvalue weighted by molar-refractivity contribution is -0.130. The zero-order valence-corrected chi connectivity index (χ0v) is 24.1. The topological polar surface area (TPSA) is 75.7 Å². The third kappa shape index (κ3) is 8.29. The summed E-state index contributed by atoms with van der Waals surface area (Å²) in [5.41, 5.74) is 1.12. The molecule has 0 saturated carbocycles. The van der Waals surface area contributed by atoms with Crippen LogP contribution in [0.5, 0.6) is 5.75 Å². The molecule has 1 N–H and O–H groups in total. The van der Waals surface area contributed by atoms with Gasteiger partial charge in [0.25, 0.3) is 0 Å². The minimum atomic E-state index is -3.95. The molecule has 1 fully saturated rings. The van der Waals surface area contributed by atoms with Gasteiger partial charge in [-0.1, -0.05) is 68.3 Å². The van der Waals surface area contributed by atoms with Crippen LogP contribution in [0.15, 0.2) is 71.6 Å². The molecule has 39 heavy (non-hydrogen) atoms. The van der Waals surface area contributed by atoms with Crippen molar-refractivity contribution in [3.05, 3.63) is 72.3 Å². The van der Waals surface area contributed by atoms with Crippen LogP contribution < -0.4 is 9.50 Å². The zero-order valence-electron chi connectivity index (χ0n) is 23.3. The molecule has 7 heteroatoms. The molecule has 3 aromatic rings. The molecule has 6 nitrogen and oxygen atoms in total. The van der Waals surface area contributed by atoms with Crippen molar-refractivity contribution in [2.75, 3.05) is 13.1 Å². The third-order valence-corrected chi connectivity index (χ3v) is 8.91. The molecule has 1 heterocycles. The number of nitrogens with one attached hydrogen (secondary N) is 1. The van der Waals surface area contributed by atoms with E-state index < -0.39 is 10.1 Å². The van der Waals surface area contributed by atoms with Gasteiger partial charge in [-0.05, 0) is 74.6 Å². The lowest BCUT2D eigenvalue weighted by atomic mass is 10.0. The maximum atomic E-state index is 13.0. The van der Waals surface area contributed by atoms with E-state index in [9.17, 15) is 13.2 Å². The van der Waals surface area contributed by atoms with Gasteiger partial charge in [0, 0.05) is 37.0 Å². The minimum absolute atomic E-state index is 0.172. The lowest BCUT2D eigenvalue weighted by Crippen LogP contribution is -2.37. The number of benzene rings is 3. The second-order valence-electron chi connectivity index (χ2n) is 10.7. The van der Waals surface area contributed by atoms with E-state index in [1.165, 1.54) is 6.42 Å². The van der Waals surface area contributed by atoms with E-state index in [0.29, 0.717) is 29.5 Å². The predicted octanol–water partition coefficient (Wildman–Crippen LogP) is 6.48. The molecule has 4 rings (SSSR count). The number of likely N-dealkylation sites (tertiary alicyclic amines) is 1. The summed E-state index contributed by atoms with van der Waals surface area (Å²) in [7, 11) is -3.95. The molecule has 210 valence electrons. The smallest absolute Gasteiger partial charge is 0.339 e. The average Bonchev–Trinajstić information content (AvgIpc) is 3.14. The Morgan fingerprint density at radius 1 is 0.949 bits per heavy atom. The van der Waals surface area contributed by atoms with Crippen molar-refractivity contribution in [3.63, 3.8) is 0 Å². The summed E-state index contributed by atoms with van der Waals surface area (Å²) in [5.74, 6) is 0.635. The van der Waals surface area contributed by atoms with Gasteiger partial charge < -0.3 is 14.4 Å². The maximum Gasteiger partial charge on any atom is 0.339 e. The van der Waals surface area contributed by atoms with Gasteiger partial charge in [-0.3, -0.25) is 4.79 Å². The fourth-order valence-corrected chi connectivity index (χ4v) is 6.61. The van der Waals surface area contributed by atoms with Crippen LogP contribution in [0.3, 0.4) is 0 Å². The van der Waals surface area contributed by atoms with E-state index in [2.05, 4.69) is 24.1 Å². The minimum Gasteiger partial charge on any atom is -0.379 e. The first-order valence-electron chi connectivity index (χ1n) is 14.4. The normalized spacial score (nSPS) is 16.2. The molecule has 0 radical (unpaired) electrons. The summed E-state index contributed by atoms with van der Waals surface area (Å²) in [6.45, 7) is 6.21. The van der Waals surface area contributed by atoms with E-state index in [1.54, 1.807) is 30.3 Å². The Bertz CT molecular complexity index is 1320. The molecular formula is C32H42N2O4S. The monoisotopic (exact) mass is 550 g/mol. The van der Waals surface area contributed by atoms with Gasteiger partial charge in [0.15, 0.2) is 0 Å². The van der Waals surface area contributed by atoms with Crippen molar-refractivity contribution in [1.29, 1.82) is 0 Å². The standard InChI is InChI=1S/C32H42N2O4S/c1-3-28(14-8-10-23-34-22-9-4-5-17-32(34)35)33-25(2)24-26-18-20-29(21-19-26)38-39(36,37)31-16-11-13-27-12-6-7-15-30(27)31/h6-7,11-13,15-16,18-21,25,28,33H,3-5,8-10,14,17,22-24H2,1-2H3. The summed E-state index contributed by atoms with van der Waals surface area (Å²) >= 11 is 0. The quantitative estimate of drug-likeness (QED) is 0.195. The van der Waals surface area contributed by atoms with Gasteiger partial charge >= 0.3 is 10.1 Å². The number of amides is 1. The molecule has 0 aromatic heterocycles. The largest absolute Gasteiger partial charge is 0.379 e. The van der Waals surface area contributed by atoms with Crippen molar-refractivity contribution in [1.82, 2.24) is 10.2 Å². The van der Waals surface area contributed by atoms with Crippen LogP contribution in [0.1, 0.15) is 70.8 Å². The SMILES string of the molecule is CCC(CCCCN1CCCCCC1=O)NC(C)Cc1ccc(OS(=O)(=O)c2cccc3ccccc23)cc1. The van der Waals surface area contributed by atoms with Gasteiger partial charge in [0.2, 0.25) is 5.91 Å². The van der Waals surface area contributed by atoms with Crippen molar-refractivity contribution < 1.29 is 17.4 Å². The Morgan fingerprint density at radius 3 is 2.51 bits per heavy atom. The third-order valence-electron chi connectivity index (χ3n) is 7.61. The summed E-state index contributed by atoms with van der Waals surface area (Å²) < 4.78 is 31.5. The Morgan fingerprint density at radius 2 is 1.72 bits per heavy atom. The highest BCUT2D eigenvalue weighted by molar-refractivity contribution is 7.87. The van der Waals surface area contributed by atoms with E-state index in [1.807, 2.05) is 36.4 Å². The summed E-state index contributed by atoms with van der Waals surface area (Å²) in [5, 5.41) is 5.26. The van der Waals surface area contributed by atoms with Gasteiger partial charge in [-0.2, -0.15) is 8.42 Å². The van der Waals surface area contributed by atoms with Gasteiger partial charge in [-0.15, -0.1) is 0 Å². The number of rotatable bonds is 13. The van der Waals surface area contributed by atoms with Crippen LogP contribution in [-0.2, 0) is 21.3 Å². The van der Waals surface area contributed by atoms with Crippen molar-refractivity contribution in [3.8, 4) is 5.75 Å². The van der Waals surface area contributed by atoms with Crippen LogP contribution in [0.25, 0.3) is 10.8 Å². The number of hydrogen-bond donors (Lipinski definition) is 1. The van der Waals surface area contributed by atoms with Crippen LogP contribution in [0.4, 0.5) is 0 Å². The first-order chi connectivity index (χ1) is 18.9. The highest BCUT2D eigenvalue weighted by Gasteiger charge is 2.20. The number of fused-ring (bicyclic) bond motifs is 1. The Kier molecular flexibility index (Phi) is 10.4. The molecule has 3 aromatic carbocycles. The van der Waals surface area contributed by atoms with Crippen molar-refractivity contribution in [2.45, 2.75) is 88.6 Å². The average molecular weight is 551 g/mol. The fraction of sp³-hybridized carbons (Fsp3) is 0.469. The number of carbonyl (C=O) groups is 1. The van der Waals surface area contributed by atoms with Gasteiger partial charge in [-0.25, -0.2) is 0 Å². The maximum absolute atomic E-state index is 13.0. The van der Waals surface area contributed by atoms with E-state index in [0.717, 1.165) is 69.0 Å². The van der Waals surface area contributed by atoms with E-state index >= 15 is 0 Å². The van der Waals surface area contributed by atoms with Gasteiger partial charge in [0.1, 0.15) is 10.6 Å². The predicted molar refractivity (Wildman–Crippen MR) is 157 cm³/mol. The Balaban J connectivity index is 1.25. The first kappa shape index (κ1) is 29.1. The molecule has 2 unspecified atom stereocenters. The van der Waals surface area contributed by atoms with Crippen LogP contribution >= 0.6 is 0 Å². The molecule has 1 aliphatic heterocycles. The lowest BCUT2D eigenvalue weighted by Gasteiger charge is -2.24. The molecule has 0 spiro atoms. The number of unbranched alkanes of at least 4 members (excludes halogenated alkanes) is 1. The molecule has 2 atom stereocenters. The molecule has 0 aliphatic carbocycles. The molecule has 1 amide bonds. The second-order valence-corrected chi connectivity index (χ2v) is 12.2. The summed E-state index contributed by atoms with van der Waals surface area (Å²) in [6, 6.07) is 20.7.